The van der Waals surface area contributed by atoms with E-state index in [1.807, 2.05) is 0 Å². The van der Waals surface area contributed by atoms with Crippen molar-refractivity contribution in [2.75, 3.05) is 26.4 Å². The molecule has 39 heavy (non-hydrogen) atoms. The van der Waals surface area contributed by atoms with E-state index in [-0.39, 0.29) is 13.0 Å². The highest BCUT2D eigenvalue weighted by atomic mass is 16.7. The van der Waals surface area contributed by atoms with Crippen molar-refractivity contribution < 1.29 is 79.9 Å². The Morgan fingerprint density at radius 3 is 1.82 bits per heavy atom. The largest absolute Gasteiger partial charge is 0.394 e. The zero-order chi connectivity index (χ0) is 29.6. The van der Waals surface area contributed by atoms with E-state index in [0.29, 0.717) is 0 Å². The van der Waals surface area contributed by atoms with Gasteiger partial charge in [-0.3, -0.25) is 4.79 Å². The van der Waals surface area contributed by atoms with Crippen molar-refractivity contribution >= 4 is 5.78 Å². The number of Topliss-reactive ketones (excluding diaryl/α,β-unsaturated/α-hetero) is 1. The van der Waals surface area contributed by atoms with Gasteiger partial charge in [-0.25, -0.2) is 0 Å². The van der Waals surface area contributed by atoms with E-state index >= 15 is 0 Å². The number of carbonyl (C=O) groups is 1. The molecule has 0 bridgehead atoms. The van der Waals surface area contributed by atoms with Gasteiger partial charge in [0.1, 0.15) is 73.2 Å². The summed E-state index contributed by atoms with van der Waals surface area (Å²) < 4.78 is 21.0. The summed E-state index contributed by atoms with van der Waals surface area (Å²) in [6, 6.07) is -1.22. The fourth-order valence-electron chi connectivity index (χ4n) is 4.00. The first kappa shape index (κ1) is 34.2. The Balaban J connectivity index is 1.95. The zero-order valence-corrected chi connectivity index (χ0v) is 20.8. The maximum absolute atomic E-state index is 12.0. The van der Waals surface area contributed by atoms with E-state index in [1.54, 1.807) is 0 Å². The number of aliphatic hydroxyl groups excluding tert-OH is 11. The van der Waals surface area contributed by atoms with Gasteiger partial charge in [0.25, 0.3) is 0 Å². The molecule has 15 atom stereocenters. The van der Waals surface area contributed by atoms with Crippen LogP contribution in [0.4, 0.5) is 0 Å². The number of hydrogen-bond donors (Lipinski definition) is 13. The molecule has 2 heterocycles. The highest BCUT2D eigenvalue weighted by molar-refractivity contribution is 5.88. The van der Waals surface area contributed by atoms with Gasteiger partial charge in [-0.15, -0.1) is 0 Å². The second-order valence-corrected chi connectivity index (χ2v) is 9.46. The second-order valence-electron chi connectivity index (χ2n) is 9.46. The molecular formula is C21H40N2O16. The van der Waals surface area contributed by atoms with Crippen LogP contribution in [-0.2, 0) is 23.7 Å². The summed E-state index contributed by atoms with van der Waals surface area (Å²) in [7, 11) is 0. The summed E-state index contributed by atoms with van der Waals surface area (Å²) in [4.78, 5) is 12.0. The molecule has 2 rings (SSSR count). The SMILES string of the molecule is NCCC(N)C(=O)[C@H](O)[C@@H](O)[C@H](O)[C@H](O)CO[C@H]1O[C@H](CO[C@H]2O[C@H](CO)[C@@H](O)[C@H](O)[C@H]2O)[C@@H](O)[C@H](O)[C@H]1O. The van der Waals surface area contributed by atoms with Crippen LogP contribution < -0.4 is 11.5 Å². The van der Waals surface area contributed by atoms with Gasteiger partial charge in [-0.1, -0.05) is 0 Å². The number of carbonyl (C=O) groups excluding carboxylic acids is 1. The number of hydrogen-bond acceptors (Lipinski definition) is 18. The first-order valence-corrected chi connectivity index (χ1v) is 12.2. The lowest BCUT2D eigenvalue weighted by Gasteiger charge is -2.42. The molecule has 0 aromatic carbocycles. The Kier molecular flexibility index (Phi) is 13.4. The average molecular weight is 577 g/mol. The van der Waals surface area contributed by atoms with Gasteiger partial charge >= 0.3 is 0 Å². The smallest absolute Gasteiger partial charge is 0.186 e. The van der Waals surface area contributed by atoms with Crippen LogP contribution in [-0.4, -0.2) is 180 Å². The number of rotatable bonds is 14. The van der Waals surface area contributed by atoms with E-state index in [9.17, 15) is 61.0 Å². The molecule has 0 amide bonds. The Morgan fingerprint density at radius 1 is 0.769 bits per heavy atom. The molecule has 0 aliphatic carbocycles. The average Bonchev–Trinajstić information content (AvgIpc) is 2.92. The summed E-state index contributed by atoms with van der Waals surface area (Å²) in [6.45, 7) is -2.19. The third-order valence-electron chi connectivity index (χ3n) is 6.58. The maximum Gasteiger partial charge on any atom is 0.186 e. The highest BCUT2D eigenvalue weighted by Gasteiger charge is 2.48. The van der Waals surface area contributed by atoms with E-state index < -0.39 is 117 Å². The standard InChI is InChI=1S/C21H40N2O16/c22-2-1-6(23)10(26)14(30)15(31)11(27)7(25)4-36-20-19(35)17(33)13(29)9(39-20)5-37-21-18(34)16(32)12(28)8(3-24)38-21/h6-9,11-21,24-25,27-35H,1-5,22-23H2/t6?,7-,8-,9-,11-,12-,13-,14+,15+,16+,17+,18-,19-,20+,21+/m1/s1. The zero-order valence-electron chi connectivity index (χ0n) is 20.8. The normalized spacial score (nSPS) is 39.5. The van der Waals surface area contributed by atoms with Crippen molar-refractivity contribution in [1.82, 2.24) is 0 Å². The van der Waals surface area contributed by atoms with Crippen LogP contribution in [0.15, 0.2) is 0 Å². The molecule has 0 radical (unpaired) electrons. The molecule has 18 heteroatoms. The summed E-state index contributed by atoms with van der Waals surface area (Å²) in [5, 5.41) is 110. The first-order valence-electron chi connectivity index (χ1n) is 12.2. The van der Waals surface area contributed by atoms with Gasteiger partial charge in [0, 0.05) is 0 Å². The van der Waals surface area contributed by atoms with Gasteiger partial charge < -0.3 is 86.6 Å². The fourth-order valence-corrected chi connectivity index (χ4v) is 4.00. The predicted molar refractivity (Wildman–Crippen MR) is 123 cm³/mol. The molecule has 2 aliphatic rings. The molecule has 0 spiro atoms. The van der Waals surface area contributed by atoms with Gasteiger partial charge in [0.2, 0.25) is 0 Å². The molecule has 15 N–H and O–H groups in total. The summed E-state index contributed by atoms with van der Waals surface area (Å²) >= 11 is 0. The molecule has 2 fully saturated rings. The van der Waals surface area contributed by atoms with Crippen LogP contribution in [0.25, 0.3) is 0 Å². The summed E-state index contributed by atoms with van der Waals surface area (Å²) in [6.07, 6.45) is -25.1. The van der Waals surface area contributed by atoms with Crippen LogP contribution in [0, 0.1) is 0 Å². The quantitative estimate of drug-likeness (QED) is 0.0912. The van der Waals surface area contributed by atoms with Crippen molar-refractivity contribution in [3.05, 3.63) is 0 Å². The molecule has 0 aromatic rings. The molecule has 0 aromatic heterocycles. The lowest BCUT2D eigenvalue weighted by Crippen LogP contribution is -2.62. The Hall–Kier alpha value is -1.01. The Bertz CT molecular complexity index is 751. The molecule has 18 nitrogen and oxygen atoms in total. The molecular weight excluding hydrogens is 536 g/mol. The molecule has 2 saturated heterocycles. The van der Waals surface area contributed by atoms with Gasteiger partial charge in [0.05, 0.1) is 25.9 Å². The highest BCUT2D eigenvalue weighted by Crippen LogP contribution is 2.26. The van der Waals surface area contributed by atoms with E-state index in [4.69, 9.17) is 30.4 Å². The van der Waals surface area contributed by atoms with Crippen molar-refractivity contribution in [3.8, 4) is 0 Å². The minimum atomic E-state index is -2.18. The number of ketones is 1. The lowest BCUT2D eigenvalue weighted by molar-refractivity contribution is -0.333. The van der Waals surface area contributed by atoms with Gasteiger partial charge in [-0.2, -0.15) is 0 Å². The minimum absolute atomic E-state index is 0.00325. The molecule has 0 saturated carbocycles. The third-order valence-corrected chi connectivity index (χ3v) is 6.58. The maximum atomic E-state index is 12.0. The van der Waals surface area contributed by atoms with Crippen LogP contribution in [0.3, 0.4) is 0 Å². The van der Waals surface area contributed by atoms with Gasteiger partial charge in [0.15, 0.2) is 18.4 Å². The predicted octanol–water partition coefficient (Wildman–Crippen LogP) is -8.68. The van der Waals surface area contributed by atoms with Crippen molar-refractivity contribution in [2.45, 2.75) is 98.3 Å². The first-order chi connectivity index (χ1) is 18.3. The summed E-state index contributed by atoms with van der Waals surface area (Å²) in [5.74, 6) is -1.02. The molecule has 1 unspecified atom stereocenters. The number of ether oxygens (including phenoxy) is 4. The van der Waals surface area contributed by atoms with Crippen LogP contribution in [0.1, 0.15) is 6.42 Å². The van der Waals surface area contributed by atoms with Gasteiger partial charge in [-0.05, 0) is 13.0 Å². The molecule has 2 aliphatic heterocycles. The topological polar surface area (TPSA) is 329 Å². The van der Waals surface area contributed by atoms with Crippen molar-refractivity contribution in [2.24, 2.45) is 11.5 Å². The van der Waals surface area contributed by atoms with E-state index in [1.165, 1.54) is 0 Å². The van der Waals surface area contributed by atoms with Crippen LogP contribution in [0.5, 0.6) is 0 Å². The van der Waals surface area contributed by atoms with E-state index in [0.717, 1.165) is 0 Å². The van der Waals surface area contributed by atoms with Crippen LogP contribution >= 0.6 is 0 Å². The lowest BCUT2D eigenvalue weighted by atomic mass is 9.96. The minimum Gasteiger partial charge on any atom is -0.394 e. The number of aliphatic hydroxyl groups is 11. The fraction of sp³-hybridized carbons (Fsp3) is 0.952. The summed E-state index contributed by atoms with van der Waals surface area (Å²) in [5.41, 5.74) is 10.8. The Labute approximate surface area is 222 Å². The van der Waals surface area contributed by atoms with E-state index in [2.05, 4.69) is 0 Å². The number of nitrogens with two attached hydrogens (primary N) is 2. The monoisotopic (exact) mass is 576 g/mol. The van der Waals surface area contributed by atoms with Crippen LogP contribution in [0.2, 0.25) is 0 Å². The molecule has 230 valence electrons. The Morgan fingerprint density at radius 2 is 1.28 bits per heavy atom. The van der Waals surface area contributed by atoms with Crippen molar-refractivity contribution in [1.29, 1.82) is 0 Å². The third kappa shape index (κ3) is 8.27. The second kappa shape index (κ2) is 15.3. The van der Waals surface area contributed by atoms with Crippen molar-refractivity contribution in [3.63, 3.8) is 0 Å².